The van der Waals surface area contributed by atoms with E-state index in [9.17, 15) is 0 Å². The first kappa shape index (κ1) is 17.9. The van der Waals surface area contributed by atoms with Gasteiger partial charge in [0.05, 0.1) is 0 Å². The molecule has 0 aliphatic heterocycles. The predicted molar refractivity (Wildman–Crippen MR) is 94.7 cm³/mol. The molecule has 2 aromatic heterocycles. The van der Waals surface area contributed by atoms with Gasteiger partial charge in [-0.15, -0.1) is 0 Å². The van der Waals surface area contributed by atoms with Crippen LogP contribution in [0.2, 0.25) is 0 Å². The van der Waals surface area contributed by atoms with Crippen LogP contribution in [0.15, 0.2) is 33.9 Å². The lowest BCUT2D eigenvalue weighted by Crippen LogP contribution is -2.38. The van der Waals surface area contributed by atoms with E-state index in [0.29, 0.717) is 36.3 Å². The van der Waals surface area contributed by atoms with Gasteiger partial charge >= 0.3 is 0 Å². The fourth-order valence-electron chi connectivity index (χ4n) is 2.02. The van der Waals surface area contributed by atoms with E-state index in [-0.39, 0.29) is 0 Å². The van der Waals surface area contributed by atoms with Crippen molar-refractivity contribution in [2.24, 2.45) is 10.9 Å². The summed E-state index contributed by atoms with van der Waals surface area (Å²) in [7, 11) is 0. The monoisotopic (exact) mass is 330 g/mol. The first-order valence-electron chi connectivity index (χ1n) is 8.45. The van der Waals surface area contributed by atoms with Crippen LogP contribution in [0.5, 0.6) is 0 Å². The van der Waals surface area contributed by atoms with Gasteiger partial charge in [-0.05, 0) is 31.4 Å². The van der Waals surface area contributed by atoms with Crippen molar-refractivity contribution in [3.63, 3.8) is 0 Å². The Kier molecular flexibility index (Phi) is 7.20. The topological polar surface area (TPSA) is 88.2 Å². The molecule has 0 bridgehead atoms. The SMILES string of the molecule is CCNC(=NCCC(C)C)NCCc1noc(-c2ccccn2)n1. The van der Waals surface area contributed by atoms with E-state index in [1.807, 2.05) is 18.2 Å². The van der Waals surface area contributed by atoms with Crippen molar-refractivity contribution in [1.82, 2.24) is 25.8 Å². The van der Waals surface area contributed by atoms with Crippen LogP contribution in [0.4, 0.5) is 0 Å². The number of nitrogens with one attached hydrogen (secondary N) is 2. The molecule has 0 atom stereocenters. The highest BCUT2D eigenvalue weighted by Crippen LogP contribution is 2.13. The van der Waals surface area contributed by atoms with Gasteiger partial charge in [-0.25, -0.2) is 0 Å². The van der Waals surface area contributed by atoms with Crippen molar-refractivity contribution in [2.75, 3.05) is 19.6 Å². The highest BCUT2D eigenvalue weighted by molar-refractivity contribution is 5.79. The van der Waals surface area contributed by atoms with Crippen molar-refractivity contribution in [1.29, 1.82) is 0 Å². The van der Waals surface area contributed by atoms with E-state index in [1.54, 1.807) is 6.20 Å². The second kappa shape index (κ2) is 9.64. The van der Waals surface area contributed by atoms with E-state index in [2.05, 4.69) is 51.5 Å². The van der Waals surface area contributed by atoms with Crippen LogP contribution in [-0.4, -0.2) is 40.7 Å². The second-order valence-corrected chi connectivity index (χ2v) is 5.85. The van der Waals surface area contributed by atoms with Crippen LogP contribution >= 0.6 is 0 Å². The summed E-state index contributed by atoms with van der Waals surface area (Å²) in [6.45, 7) is 8.79. The van der Waals surface area contributed by atoms with E-state index in [1.165, 1.54) is 0 Å². The van der Waals surface area contributed by atoms with E-state index >= 15 is 0 Å². The zero-order valence-corrected chi connectivity index (χ0v) is 14.6. The largest absolute Gasteiger partial charge is 0.357 e. The molecule has 0 unspecified atom stereocenters. The third-order valence-electron chi connectivity index (χ3n) is 3.31. The fourth-order valence-corrected chi connectivity index (χ4v) is 2.02. The highest BCUT2D eigenvalue weighted by Gasteiger charge is 2.09. The van der Waals surface area contributed by atoms with Gasteiger partial charge in [-0.2, -0.15) is 4.98 Å². The molecule has 0 saturated carbocycles. The minimum Gasteiger partial charge on any atom is -0.357 e. The Balaban J connectivity index is 1.83. The molecule has 0 aliphatic rings. The van der Waals surface area contributed by atoms with Crippen molar-refractivity contribution in [2.45, 2.75) is 33.6 Å². The van der Waals surface area contributed by atoms with Crippen LogP contribution in [0.1, 0.15) is 33.0 Å². The summed E-state index contributed by atoms with van der Waals surface area (Å²) in [4.78, 5) is 13.1. The maximum absolute atomic E-state index is 5.25. The van der Waals surface area contributed by atoms with Gasteiger partial charge in [0.2, 0.25) is 0 Å². The molecule has 0 aromatic carbocycles. The van der Waals surface area contributed by atoms with Crippen LogP contribution in [-0.2, 0) is 6.42 Å². The molecular formula is C17H26N6O. The lowest BCUT2D eigenvalue weighted by atomic mass is 10.1. The highest BCUT2D eigenvalue weighted by atomic mass is 16.5. The minimum absolute atomic E-state index is 0.447. The summed E-state index contributed by atoms with van der Waals surface area (Å²) in [5.41, 5.74) is 0.688. The molecule has 7 nitrogen and oxygen atoms in total. The molecule has 2 aromatic rings. The van der Waals surface area contributed by atoms with Gasteiger partial charge in [0, 0.05) is 32.3 Å². The lowest BCUT2D eigenvalue weighted by molar-refractivity contribution is 0.421. The maximum atomic E-state index is 5.25. The molecule has 24 heavy (non-hydrogen) atoms. The third kappa shape index (κ3) is 5.98. The maximum Gasteiger partial charge on any atom is 0.276 e. The lowest BCUT2D eigenvalue weighted by Gasteiger charge is -2.10. The van der Waals surface area contributed by atoms with Crippen LogP contribution in [0.25, 0.3) is 11.6 Å². The molecule has 7 heteroatoms. The molecule has 130 valence electrons. The minimum atomic E-state index is 0.447. The van der Waals surface area contributed by atoms with Crippen molar-refractivity contribution in [3.8, 4) is 11.6 Å². The third-order valence-corrected chi connectivity index (χ3v) is 3.31. The first-order chi connectivity index (χ1) is 11.7. The summed E-state index contributed by atoms with van der Waals surface area (Å²) >= 11 is 0. The Morgan fingerprint density at radius 1 is 1.29 bits per heavy atom. The van der Waals surface area contributed by atoms with Gasteiger partial charge in [0.1, 0.15) is 5.69 Å². The molecule has 0 aliphatic carbocycles. The Labute approximate surface area is 143 Å². The molecule has 2 N–H and O–H groups in total. The molecule has 0 saturated heterocycles. The number of guanidine groups is 1. The van der Waals surface area contributed by atoms with Crippen molar-refractivity contribution < 1.29 is 4.52 Å². The Hall–Kier alpha value is -2.44. The second-order valence-electron chi connectivity index (χ2n) is 5.85. The molecular weight excluding hydrogens is 304 g/mol. The molecule has 0 spiro atoms. The quantitative estimate of drug-likeness (QED) is 0.570. The van der Waals surface area contributed by atoms with Gasteiger partial charge in [-0.3, -0.25) is 9.98 Å². The summed E-state index contributed by atoms with van der Waals surface area (Å²) in [6.07, 6.45) is 3.44. The van der Waals surface area contributed by atoms with Gasteiger partial charge in [0.15, 0.2) is 11.8 Å². The van der Waals surface area contributed by atoms with E-state index < -0.39 is 0 Å². The van der Waals surface area contributed by atoms with Crippen LogP contribution < -0.4 is 10.6 Å². The average molecular weight is 330 g/mol. The standard InChI is InChI=1S/C17H26N6O/c1-4-18-17(20-11-8-13(2)3)21-12-9-15-22-16(24-23-15)14-7-5-6-10-19-14/h5-7,10,13H,4,8-9,11-12H2,1-3H3,(H2,18,20,21). The molecule has 0 amide bonds. The number of rotatable bonds is 8. The Bertz CT molecular complexity index is 623. The average Bonchev–Trinajstić information content (AvgIpc) is 3.04. The van der Waals surface area contributed by atoms with Crippen molar-refractivity contribution >= 4 is 5.96 Å². The Morgan fingerprint density at radius 2 is 2.17 bits per heavy atom. The van der Waals surface area contributed by atoms with Crippen LogP contribution in [0, 0.1) is 5.92 Å². The van der Waals surface area contributed by atoms with Crippen LogP contribution in [0.3, 0.4) is 0 Å². The summed E-state index contributed by atoms with van der Waals surface area (Å²) < 4.78 is 5.25. The van der Waals surface area contributed by atoms with E-state index in [4.69, 9.17) is 4.52 Å². The fraction of sp³-hybridized carbons (Fsp3) is 0.529. The molecule has 0 fully saturated rings. The number of nitrogens with zero attached hydrogens (tertiary/aromatic N) is 4. The summed E-state index contributed by atoms with van der Waals surface area (Å²) in [5.74, 6) is 2.58. The van der Waals surface area contributed by atoms with Gasteiger partial charge in [0.25, 0.3) is 5.89 Å². The van der Waals surface area contributed by atoms with E-state index in [0.717, 1.165) is 25.5 Å². The van der Waals surface area contributed by atoms with Gasteiger partial charge < -0.3 is 15.2 Å². The van der Waals surface area contributed by atoms with Crippen molar-refractivity contribution in [3.05, 3.63) is 30.2 Å². The summed E-state index contributed by atoms with van der Waals surface area (Å²) in [6, 6.07) is 5.59. The number of hydrogen-bond donors (Lipinski definition) is 2. The smallest absolute Gasteiger partial charge is 0.276 e. The zero-order chi connectivity index (χ0) is 17.2. The first-order valence-corrected chi connectivity index (χ1v) is 8.45. The summed E-state index contributed by atoms with van der Waals surface area (Å²) in [5, 5.41) is 10.5. The molecule has 0 radical (unpaired) electrons. The number of hydrogen-bond acceptors (Lipinski definition) is 5. The molecule has 2 rings (SSSR count). The Morgan fingerprint density at radius 3 is 2.88 bits per heavy atom. The van der Waals surface area contributed by atoms with Gasteiger partial charge in [-0.1, -0.05) is 25.1 Å². The molecule has 2 heterocycles. The number of aliphatic imine (C=N–C) groups is 1. The predicted octanol–water partition coefficient (Wildman–Crippen LogP) is 2.28. The zero-order valence-electron chi connectivity index (χ0n) is 14.6. The normalized spacial score (nSPS) is 11.8. The number of aromatic nitrogens is 3. The number of pyridine rings is 1.